The summed E-state index contributed by atoms with van der Waals surface area (Å²) in [6.07, 6.45) is 11.7. The lowest BCUT2D eigenvalue weighted by atomic mass is 9.57. The average molecular weight is 238 g/mol. The van der Waals surface area contributed by atoms with E-state index in [9.17, 15) is 9.90 Å². The van der Waals surface area contributed by atoms with Crippen molar-refractivity contribution in [2.24, 2.45) is 17.3 Å². The minimum atomic E-state index is -0.504. The first-order chi connectivity index (χ1) is 8.19. The zero-order valence-electron chi connectivity index (χ0n) is 11.1. The number of carboxylic acids is 1. The van der Waals surface area contributed by atoms with Crippen LogP contribution in [0, 0.1) is 17.3 Å². The Morgan fingerprint density at radius 1 is 1.24 bits per heavy atom. The summed E-state index contributed by atoms with van der Waals surface area (Å²) in [6, 6.07) is 0. The van der Waals surface area contributed by atoms with E-state index >= 15 is 0 Å². The Morgan fingerprint density at radius 2 is 1.88 bits per heavy atom. The second-order valence-corrected chi connectivity index (χ2v) is 6.17. The number of aliphatic carboxylic acids is 1. The van der Waals surface area contributed by atoms with Gasteiger partial charge in [0.2, 0.25) is 0 Å². The number of unbranched alkanes of at least 4 members (excludes halogenated alkanes) is 1. The summed E-state index contributed by atoms with van der Waals surface area (Å²) in [5.74, 6) is 0.797. The Kier molecular flexibility index (Phi) is 4.11. The van der Waals surface area contributed by atoms with E-state index in [1.165, 1.54) is 25.7 Å². The lowest BCUT2D eigenvalue weighted by Gasteiger charge is -2.46. The maximum atomic E-state index is 11.6. The molecule has 0 aromatic rings. The molecule has 98 valence electrons. The summed E-state index contributed by atoms with van der Waals surface area (Å²) in [7, 11) is 0. The van der Waals surface area contributed by atoms with Gasteiger partial charge in [0.25, 0.3) is 0 Å². The second kappa shape index (κ2) is 5.41. The number of rotatable bonds is 5. The van der Waals surface area contributed by atoms with Gasteiger partial charge < -0.3 is 5.11 Å². The molecule has 2 fully saturated rings. The van der Waals surface area contributed by atoms with Gasteiger partial charge in [0.1, 0.15) is 0 Å². The predicted molar refractivity (Wildman–Crippen MR) is 68.9 cm³/mol. The summed E-state index contributed by atoms with van der Waals surface area (Å²) >= 11 is 0. The van der Waals surface area contributed by atoms with Crippen LogP contribution < -0.4 is 0 Å². The minimum Gasteiger partial charge on any atom is -0.481 e. The third-order valence-corrected chi connectivity index (χ3v) is 5.28. The summed E-state index contributed by atoms with van der Waals surface area (Å²) in [5, 5.41) is 9.59. The molecular weight excluding hydrogens is 212 g/mol. The van der Waals surface area contributed by atoms with Gasteiger partial charge in [-0.05, 0) is 50.4 Å². The lowest BCUT2D eigenvalue weighted by molar-refractivity contribution is -0.159. The fourth-order valence-electron chi connectivity index (χ4n) is 3.73. The molecule has 0 aromatic heterocycles. The van der Waals surface area contributed by atoms with Crippen molar-refractivity contribution < 1.29 is 9.90 Å². The molecule has 0 aliphatic heterocycles. The maximum absolute atomic E-state index is 11.6. The van der Waals surface area contributed by atoms with Crippen molar-refractivity contribution in [1.29, 1.82) is 0 Å². The molecule has 2 nitrogen and oxygen atoms in total. The van der Waals surface area contributed by atoms with E-state index < -0.39 is 5.97 Å². The monoisotopic (exact) mass is 238 g/mol. The van der Waals surface area contributed by atoms with Crippen molar-refractivity contribution in [2.45, 2.75) is 71.1 Å². The van der Waals surface area contributed by atoms with Gasteiger partial charge >= 0.3 is 5.97 Å². The van der Waals surface area contributed by atoms with E-state index in [0.717, 1.165) is 44.4 Å². The molecule has 0 bridgehead atoms. The quantitative estimate of drug-likeness (QED) is 0.778. The van der Waals surface area contributed by atoms with Crippen molar-refractivity contribution in [3.8, 4) is 0 Å². The van der Waals surface area contributed by atoms with E-state index in [2.05, 4.69) is 6.92 Å². The number of hydrogen-bond donors (Lipinski definition) is 1. The molecule has 17 heavy (non-hydrogen) atoms. The SMILES string of the molecule is CCCCC1CCC(C(=O)O)(C2CCC2)CC1. The summed E-state index contributed by atoms with van der Waals surface area (Å²) in [4.78, 5) is 11.6. The largest absolute Gasteiger partial charge is 0.481 e. The van der Waals surface area contributed by atoms with Crippen LogP contribution in [0.3, 0.4) is 0 Å². The van der Waals surface area contributed by atoms with Gasteiger partial charge in [0.05, 0.1) is 5.41 Å². The predicted octanol–water partition coefficient (Wildman–Crippen LogP) is 4.24. The lowest BCUT2D eigenvalue weighted by Crippen LogP contribution is -2.44. The molecule has 0 atom stereocenters. The molecule has 0 radical (unpaired) electrons. The minimum absolute atomic E-state index is 0.332. The summed E-state index contributed by atoms with van der Waals surface area (Å²) in [6.45, 7) is 2.23. The highest BCUT2D eigenvalue weighted by molar-refractivity contribution is 5.75. The topological polar surface area (TPSA) is 37.3 Å². The highest BCUT2D eigenvalue weighted by Gasteiger charge is 2.49. The van der Waals surface area contributed by atoms with Gasteiger partial charge in [-0.25, -0.2) is 0 Å². The standard InChI is InChI=1S/C15H26O2/c1-2-3-5-12-8-10-15(11-9-12,14(16)17)13-6-4-7-13/h12-13H,2-11H2,1H3,(H,16,17). The molecule has 2 saturated carbocycles. The van der Waals surface area contributed by atoms with Crippen LogP contribution in [0.15, 0.2) is 0 Å². The molecule has 0 spiro atoms. The molecule has 2 aliphatic carbocycles. The van der Waals surface area contributed by atoms with Crippen LogP contribution in [0.4, 0.5) is 0 Å². The Bertz CT molecular complexity index is 260. The van der Waals surface area contributed by atoms with Crippen molar-refractivity contribution in [3.05, 3.63) is 0 Å². The van der Waals surface area contributed by atoms with E-state index in [4.69, 9.17) is 0 Å². The maximum Gasteiger partial charge on any atom is 0.309 e. The highest BCUT2D eigenvalue weighted by atomic mass is 16.4. The molecule has 0 unspecified atom stereocenters. The van der Waals surface area contributed by atoms with Crippen LogP contribution in [-0.2, 0) is 4.79 Å². The molecule has 0 saturated heterocycles. The zero-order chi connectivity index (χ0) is 12.3. The van der Waals surface area contributed by atoms with E-state index in [1.807, 2.05) is 0 Å². The average Bonchev–Trinajstić information content (AvgIpc) is 2.25. The van der Waals surface area contributed by atoms with Crippen molar-refractivity contribution >= 4 is 5.97 Å². The first-order valence-corrected chi connectivity index (χ1v) is 7.42. The van der Waals surface area contributed by atoms with Gasteiger partial charge in [-0.3, -0.25) is 4.79 Å². The molecule has 2 rings (SSSR count). The fraction of sp³-hybridized carbons (Fsp3) is 0.933. The number of hydrogen-bond acceptors (Lipinski definition) is 1. The Morgan fingerprint density at radius 3 is 2.29 bits per heavy atom. The van der Waals surface area contributed by atoms with Gasteiger partial charge in [0, 0.05) is 0 Å². The van der Waals surface area contributed by atoms with Crippen molar-refractivity contribution in [3.63, 3.8) is 0 Å². The van der Waals surface area contributed by atoms with Crippen LogP contribution in [0.5, 0.6) is 0 Å². The molecule has 0 aromatic carbocycles. The Labute approximate surface area is 105 Å². The van der Waals surface area contributed by atoms with Gasteiger partial charge in [-0.2, -0.15) is 0 Å². The van der Waals surface area contributed by atoms with Crippen LogP contribution in [0.1, 0.15) is 71.1 Å². The fourth-order valence-corrected chi connectivity index (χ4v) is 3.73. The molecule has 2 heteroatoms. The van der Waals surface area contributed by atoms with E-state index in [1.54, 1.807) is 0 Å². The number of carbonyl (C=O) groups is 1. The molecular formula is C15H26O2. The van der Waals surface area contributed by atoms with Crippen LogP contribution in [0.25, 0.3) is 0 Å². The Balaban J connectivity index is 1.91. The third kappa shape index (κ3) is 2.51. The first-order valence-electron chi connectivity index (χ1n) is 7.42. The third-order valence-electron chi connectivity index (χ3n) is 5.28. The number of carboxylic acid groups (broad SMARTS) is 1. The molecule has 0 heterocycles. The highest BCUT2D eigenvalue weighted by Crippen LogP contribution is 2.52. The van der Waals surface area contributed by atoms with Gasteiger partial charge in [-0.15, -0.1) is 0 Å². The van der Waals surface area contributed by atoms with Crippen LogP contribution >= 0.6 is 0 Å². The van der Waals surface area contributed by atoms with Crippen LogP contribution in [0.2, 0.25) is 0 Å². The molecule has 2 aliphatic rings. The second-order valence-electron chi connectivity index (χ2n) is 6.17. The smallest absolute Gasteiger partial charge is 0.309 e. The van der Waals surface area contributed by atoms with E-state index in [0.29, 0.717) is 5.92 Å². The molecule has 1 N–H and O–H groups in total. The zero-order valence-corrected chi connectivity index (χ0v) is 11.1. The molecule has 0 amide bonds. The summed E-state index contributed by atoms with van der Waals surface area (Å²) in [5.41, 5.74) is -0.332. The normalized spacial score (nSPS) is 34.3. The summed E-state index contributed by atoms with van der Waals surface area (Å²) < 4.78 is 0. The first kappa shape index (κ1) is 12.9. The van der Waals surface area contributed by atoms with Crippen molar-refractivity contribution in [1.82, 2.24) is 0 Å². The van der Waals surface area contributed by atoms with E-state index in [-0.39, 0.29) is 5.41 Å². The van der Waals surface area contributed by atoms with Gasteiger partial charge in [0.15, 0.2) is 0 Å². The van der Waals surface area contributed by atoms with Crippen molar-refractivity contribution in [2.75, 3.05) is 0 Å². The van der Waals surface area contributed by atoms with Crippen LogP contribution in [-0.4, -0.2) is 11.1 Å². The Hall–Kier alpha value is -0.530. The van der Waals surface area contributed by atoms with Gasteiger partial charge in [-0.1, -0.05) is 32.6 Å².